The van der Waals surface area contributed by atoms with Crippen molar-refractivity contribution in [1.29, 1.82) is 0 Å². The fourth-order valence-corrected chi connectivity index (χ4v) is 4.10. The predicted octanol–water partition coefficient (Wildman–Crippen LogP) is 3.39. The second-order valence-electron chi connectivity index (χ2n) is 8.77. The molecule has 0 radical (unpaired) electrons. The van der Waals surface area contributed by atoms with E-state index in [1.54, 1.807) is 7.11 Å². The summed E-state index contributed by atoms with van der Waals surface area (Å²) in [6, 6.07) is 8.57. The quantitative estimate of drug-likeness (QED) is 0.835. The van der Waals surface area contributed by atoms with Crippen LogP contribution in [-0.2, 0) is 15.9 Å². The van der Waals surface area contributed by atoms with Crippen molar-refractivity contribution in [3.05, 3.63) is 29.8 Å². The van der Waals surface area contributed by atoms with Crippen LogP contribution in [0.4, 0.5) is 4.79 Å². The van der Waals surface area contributed by atoms with Gasteiger partial charge in [0.15, 0.2) is 0 Å². The van der Waals surface area contributed by atoms with Gasteiger partial charge in [-0.2, -0.15) is 0 Å². The van der Waals surface area contributed by atoms with E-state index in [9.17, 15) is 4.79 Å². The molecule has 2 aliphatic rings. The van der Waals surface area contributed by atoms with Crippen LogP contribution in [0.2, 0.25) is 0 Å². The van der Waals surface area contributed by atoms with E-state index < -0.39 is 5.60 Å². The minimum atomic E-state index is -0.457. The summed E-state index contributed by atoms with van der Waals surface area (Å²) in [4.78, 5) is 14.1. The van der Waals surface area contributed by atoms with E-state index in [1.165, 1.54) is 5.56 Å². The van der Waals surface area contributed by atoms with Crippen molar-refractivity contribution >= 4 is 6.09 Å². The van der Waals surface area contributed by atoms with E-state index >= 15 is 0 Å². The Bertz CT molecular complexity index is 645. The van der Waals surface area contributed by atoms with Crippen LogP contribution < -0.4 is 10.1 Å². The number of carbonyl (C=O) groups excluding carboxylic acids is 1. The van der Waals surface area contributed by atoms with Crippen LogP contribution in [0.25, 0.3) is 0 Å². The zero-order valence-electron chi connectivity index (χ0n) is 17.6. The molecule has 3 rings (SSSR count). The first kappa shape index (κ1) is 20.9. The van der Waals surface area contributed by atoms with Gasteiger partial charge < -0.3 is 24.4 Å². The lowest BCUT2D eigenvalue weighted by Crippen LogP contribution is -2.56. The Balaban J connectivity index is 1.48. The molecule has 1 aromatic carbocycles. The summed E-state index contributed by atoms with van der Waals surface area (Å²) in [7, 11) is 1.68. The van der Waals surface area contributed by atoms with E-state index in [4.69, 9.17) is 14.2 Å². The van der Waals surface area contributed by atoms with Gasteiger partial charge in [-0.05, 0) is 70.7 Å². The lowest BCUT2D eigenvalue weighted by atomic mass is 9.84. The number of amides is 1. The number of piperidine rings is 1. The maximum absolute atomic E-state index is 12.3. The number of hydrogen-bond acceptors (Lipinski definition) is 5. The van der Waals surface area contributed by atoms with Crippen molar-refractivity contribution < 1.29 is 19.0 Å². The number of rotatable bonds is 5. The summed E-state index contributed by atoms with van der Waals surface area (Å²) in [5.74, 6) is 0.886. The molecule has 2 saturated heterocycles. The molecule has 2 fully saturated rings. The molecule has 6 nitrogen and oxygen atoms in total. The largest absolute Gasteiger partial charge is 0.497 e. The van der Waals surface area contributed by atoms with Gasteiger partial charge in [-0.1, -0.05) is 12.1 Å². The third-order valence-electron chi connectivity index (χ3n) is 5.66. The van der Waals surface area contributed by atoms with Gasteiger partial charge in [0.1, 0.15) is 11.4 Å². The molecule has 0 aliphatic carbocycles. The summed E-state index contributed by atoms with van der Waals surface area (Å²) >= 11 is 0. The molecular formula is C22H34N2O4. The Morgan fingerprint density at radius 3 is 2.54 bits per heavy atom. The first-order chi connectivity index (χ1) is 13.3. The molecule has 0 unspecified atom stereocenters. The number of nitrogens with zero attached hydrogens (tertiary/aromatic N) is 1. The zero-order chi connectivity index (χ0) is 20.2. The number of likely N-dealkylation sites (tertiary alicyclic amines) is 1. The van der Waals surface area contributed by atoms with Crippen molar-refractivity contribution in [3.8, 4) is 5.75 Å². The van der Waals surface area contributed by atoms with Gasteiger partial charge in [-0.25, -0.2) is 4.79 Å². The zero-order valence-corrected chi connectivity index (χ0v) is 17.6. The number of benzene rings is 1. The van der Waals surface area contributed by atoms with Gasteiger partial charge in [0.25, 0.3) is 0 Å². The average Bonchev–Trinajstić information content (AvgIpc) is 3.03. The third kappa shape index (κ3) is 5.17. The van der Waals surface area contributed by atoms with Gasteiger partial charge in [0.05, 0.1) is 12.7 Å². The molecule has 1 spiro atoms. The standard InChI is InChI=1S/C22H34N2O4/c1-21(2,3)28-20(25)24-14-11-22(12-15-24)19(10-16-27-22)23-13-9-17-5-7-18(26-4)8-6-17/h5-8,19,23H,9-16H2,1-4H3/t19-/m1/s1. The van der Waals surface area contributed by atoms with Crippen molar-refractivity contribution in [2.75, 3.05) is 33.4 Å². The van der Waals surface area contributed by atoms with Crippen LogP contribution in [0, 0.1) is 0 Å². The van der Waals surface area contributed by atoms with Gasteiger partial charge in [-0.15, -0.1) is 0 Å². The molecule has 1 amide bonds. The molecule has 0 bridgehead atoms. The van der Waals surface area contributed by atoms with Gasteiger partial charge in [-0.3, -0.25) is 0 Å². The highest BCUT2D eigenvalue weighted by Crippen LogP contribution is 2.36. The highest BCUT2D eigenvalue weighted by molar-refractivity contribution is 5.68. The van der Waals surface area contributed by atoms with Crippen molar-refractivity contribution in [3.63, 3.8) is 0 Å². The Morgan fingerprint density at radius 1 is 1.25 bits per heavy atom. The molecular weight excluding hydrogens is 356 g/mol. The number of ether oxygens (including phenoxy) is 3. The van der Waals surface area contributed by atoms with Crippen LogP contribution in [0.5, 0.6) is 5.75 Å². The number of nitrogens with one attached hydrogen (secondary N) is 1. The van der Waals surface area contributed by atoms with Crippen molar-refractivity contribution in [2.45, 2.75) is 63.7 Å². The highest BCUT2D eigenvalue weighted by atomic mass is 16.6. The molecule has 1 aromatic rings. The van der Waals surface area contributed by atoms with Gasteiger partial charge in [0.2, 0.25) is 0 Å². The van der Waals surface area contributed by atoms with E-state index in [-0.39, 0.29) is 11.7 Å². The van der Waals surface area contributed by atoms with Gasteiger partial charge in [0, 0.05) is 25.7 Å². The van der Waals surface area contributed by atoms with Crippen molar-refractivity contribution in [2.24, 2.45) is 0 Å². The number of methoxy groups -OCH3 is 1. The lowest BCUT2D eigenvalue weighted by molar-refractivity contribution is -0.0594. The van der Waals surface area contributed by atoms with E-state index in [1.807, 2.05) is 37.8 Å². The summed E-state index contributed by atoms with van der Waals surface area (Å²) in [6.45, 7) is 8.78. The Morgan fingerprint density at radius 2 is 1.93 bits per heavy atom. The summed E-state index contributed by atoms with van der Waals surface area (Å²) in [6.07, 6.45) is 3.48. The molecule has 1 N–H and O–H groups in total. The molecule has 0 saturated carbocycles. The first-order valence-electron chi connectivity index (χ1n) is 10.3. The van der Waals surface area contributed by atoms with Crippen LogP contribution in [0.1, 0.15) is 45.6 Å². The van der Waals surface area contributed by atoms with E-state index in [2.05, 4.69) is 17.4 Å². The van der Waals surface area contributed by atoms with E-state index in [0.29, 0.717) is 19.1 Å². The molecule has 156 valence electrons. The van der Waals surface area contributed by atoms with Gasteiger partial charge >= 0.3 is 6.09 Å². The summed E-state index contributed by atoms with van der Waals surface area (Å²) < 4.78 is 16.9. The summed E-state index contributed by atoms with van der Waals surface area (Å²) in [5.41, 5.74) is 0.682. The third-order valence-corrected chi connectivity index (χ3v) is 5.66. The maximum atomic E-state index is 12.3. The smallest absolute Gasteiger partial charge is 0.410 e. The molecule has 2 heterocycles. The lowest BCUT2D eigenvalue weighted by Gasteiger charge is -2.42. The second kappa shape index (κ2) is 8.70. The van der Waals surface area contributed by atoms with Crippen LogP contribution >= 0.6 is 0 Å². The average molecular weight is 391 g/mol. The SMILES string of the molecule is COc1ccc(CCN[C@@H]2CCOC23CCN(C(=O)OC(C)(C)C)CC3)cc1. The molecule has 0 aromatic heterocycles. The van der Waals surface area contributed by atoms with Crippen LogP contribution in [-0.4, -0.2) is 61.6 Å². The second-order valence-corrected chi connectivity index (χ2v) is 8.77. The fraction of sp³-hybridized carbons (Fsp3) is 0.682. The molecule has 2 aliphatic heterocycles. The summed E-state index contributed by atoms with van der Waals surface area (Å²) in [5, 5.41) is 3.71. The topological polar surface area (TPSA) is 60.0 Å². The van der Waals surface area contributed by atoms with Crippen LogP contribution in [0.3, 0.4) is 0 Å². The Hall–Kier alpha value is -1.79. The maximum Gasteiger partial charge on any atom is 0.410 e. The fourth-order valence-electron chi connectivity index (χ4n) is 4.10. The number of hydrogen-bond donors (Lipinski definition) is 1. The molecule has 6 heteroatoms. The highest BCUT2D eigenvalue weighted by Gasteiger charge is 2.46. The Kier molecular flexibility index (Phi) is 6.50. The minimum Gasteiger partial charge on any atom is -0.497 e. The molecule has 1 atom stereocenters. The van der Waals surface area contributed by atoms with E-state index in [0.717, 1.165) is 44.6 Å². The Labute approximate surface area is 168 Å². The van der Waals surface area contributed by atoms with Crippen molar-refractivity contribution in [1.82, 2.24) is 10.2 Å². The minimum absolute atomic E-state index is 0.154. The number of carbonyl (C=O) groups is 1. The monoisotopic (exact) mass is 390 g/mol. The van der Waals surface area contributed by atoms with Crippen LogP contribution in [0.15, 0.2) is 24.3 Å². The molecule has 28 heavy (non-hydrogen) atoms. The normalized spacial score (nSPS) is 21.7. The predicted molar refractivity (Wildman–Crippen MR) is 109 cm³/mol. The first-order valence-corrected chi connectivity index (χ1v) is 10.3.